The number of carbonyl (C=O) groups is 2. The van der Waals surface area contributed by atoms with Crippen molar-refractivity contribution in [2.45, 2.75) is 51.9 Å². The molecule has 1 aromatic heterocycles. The number of rotatable bonds is 4. The molecule has 3 heterocycles. The van der Waals surface area contributed by atoms with E-state index in [9.17, 15) is 9.59 Å². The van der Waals surface area contributed by atoms with Gasteiger partial charge in [0.25, 0.3) is 0 Å². The Morgan fingerprint density at radius 1 is 1.29 bits per heavy atom. The number of aryl methyl sites for hydroxylation is 1. The number of nitrogens with zero attached hydrogens (tertiary/aromatic N) is 3. The highest BCUT2D eigenvalue weighted by atomic mass is 16.2. The second kappa shape index (κ2) is 7.81. The van der Waals surface area contributed by atoms with Crippen LogP contribution in [0.2, 0.25) is 0 Å². The predicted molar refractivity (Wildman–Crippen MR) is 91.4 cm³/mol. The predicted octanol–water partition coefficient (Wildman–Crippen LogP) is 1.90. The normalized spacial score (nSPS) is 22.5. The lowest BCUT2D eigenvalue weighted by Gasteiger charge is -2.34. The lowest BCUT2D eigenvalue weighted by atomic mass is 9.92. The molecule has 0 unspecified atom stereocenters. The maximum Gasteiger partial charge on any atom is 0.242 e. The van der Waals surface area contributed by atoms with Gasteiger partial charge in [0.2, 0.25) is 11.8 Å². The minimum absolute atomic E-state index is 0.108. The molecule has 24 heavy (non-hydrogen) atoms. The average Bonchev–Trinajstić information content (AvgIpc) is 2.86. The van der Waals surface area contributed by atoms with E-state index in [2.05, 4.69) is 17.1 Å². The van der Waals surface area contributed by atoms with E-state index in [-0.39, 0.29) is 18.4 Å². The van der Waals surface area contributed by atoms with E-state index in [1.54, 1.807) is 4.90 Å². The van der Waals surface area contributed by atoms with E-state index >= 15 is 0 Å². The van der Waals surface area contributed by atoms with E-state index in [1.807, 2.05) is 11.1 Å². The molecule has 3 rings (SSSR count). The van der Waals surface area contributed by atoms with Crippen molar-refractivity contribution < 1.29 is 9.59 Å². The highest BCUT2D eigenvalue weighted by Crippen LogP contribution is 2.22. The van der Waals surface area contributed by atoms with Crippen molar-refractivity contribution >= 4 is 11.8 Å². The number of piperidine rings is 1. The molecular weight excluding hydrogens is 304 g/mol. The minimum atomic E-state index is 0.108. The smallest absolute Gasteiger partial charge is 0.242 e. The number of amides is 2. The molecule has 2 aliphatic rings. The van der Waals surface area contributed by atoms with Gasteiger partial charge in [-0.25, -0.2) is 0 Å². The molecule has 1 N–H and O–H groups in total. The van der Waals surface area contributed by atoms with Crippen LogP contribution in [0.3, 0.4) is 0 Å². The number of aromatic amines is 1. The second-order valence-corrected chi connectivity index (χ2v) is 7.21. The molecule has 6 heteroatoms. The van der Waals surface area contributed by atoms with Gasteiger partial charge in [-0.05, 0) is 50.5 Å². The number of aromatic nitrogens is 2. The molecule has 0 radical (unpaired) electrons. The van der Waals surface area contributed by atoms with Crippen LogP contribution in [0.25, 0.3) is 0 Å². The van der Waals surface area contributed by atoms with Crippen LogP contribution in [-0.2, 0) is 16.0 Å². The van der Waals surface area contributed by atoms with E-state index in [4.69, 9.17) is 0 Å². The van der Waals surface area contributed by atoms with Crippen molar-refractivity contribution in [1.29, 1.82) is 0 Å². The van der Waals surface area contributed by atoms with Crippen molar-refractivity contribution in [3.05, 3.63) is 17.5 Å². The lowest BCUT2D eigenvalue weighted by molar-refractivity contribution is -0.141. The summed E-state index contributed by atoms with van der Waals surface area (Å²) in [5.74, 6) is 0.723. The first-order chi connectivity index (χ1) is 11.6. The van der Waals surface area contributed by atoms with Gasteiger partial charge in [-0.15, -0.1) is 0 Å². The Kier molecular flexibility index (Phi) is 5.53. The second-order valence-electron chi connectivity index (χ2n) is 7.21. The molecule has 0 bridgehead atoms. The highest BCUT2D eigenvalue weighted by molar-refractivity contribution is 5.85. The fourth-order valence-electron chi connectivity index (χ4n) is 3.80. The number of nitrogens with one attached hydrogen (secondary N) is 1. The molecule has 1 aromatic rings. The third kappa shape index (κ3) is 4.16. The van der Waals surface area contributed by atoms with Gasteiger partial charge in [0.05, 0.1) is 12.7 Å². The van der Waals surface area contributed by atoms with E-state index in [0.29, 0.717) is 12.3 Å². The SMILES string of the molecule is Cc1cn[nH]c1C[C@H]1CCCN(C(=O)CN2CCCCCC2=O)C1. The van der Waals surface area contributed by atoms with Crippen LogP contribution in [-0.4, -0.2) is 58.0 Å². The lowest BCUT2D eigenvalue weighted by Crippen LogP contribution is -2.46. The summed E-state index contributed by atoms with van der Waals surface area (Å²) >= 11 is 0. The van der Waals surface area contributed by atoms with Gasteiger partial charge in [-0.2, -0.15) is 5.10 Å². The third-order valence-corrected chi connectivity index (χ3v) is 5.30. The van der Waals surface area contributed by atoms with Crippen LogP contribution < -0.4 is 0 Å². The average molecular weight is 332 g/mol. The van der Waals surface area contributed by atoms with Crippen LogP contribution in [0.15, 0.2) is 6.20 Å². The fourth-order valence-corrected chi connectivity index (χ4v) is 3.80. The number of carbonyl (C=O) groups excluding carboxylic acids is 2. The molecule has 1 atom stereocenters. The summed E-state index contributed by atoms with van der Waals surface area (Å²) in [5, 5.41) is 7.16. The standard InChI is InChI=1S/C18H28N4O2/c1-14-11-19-20-16(14)10-15-6-5-9-21(12-15)18(24)13-22-8-4-2-3-7-17(22)23/h11,15H,2-10,12-13H2,1H3,(H,19,20)/t15-/m1/s1. The van der Waals surface area contributed by atoms with Gasteiger partial charge < -0.3 is 9.80 Å². The zero-order valence-electron chi connectivity index (χ0n) is 14.6. The van der Waals surface area contributed by atoms with Crippen LogP contribution in [0.4, 0.5) is 0 Å². The zero-order valence-corrected chi connectivity index (χ0v) is 14.6. The van der Waals surface area contributed by atoms with Gasteiger partial charge in [0, 0.05) is 31.7 Å². The molecule has 6 nitrogen and oxygen atoms in total. The Morgan fingerprint density at radius 3 is 2.96 bits per heavy atom. The van der Waals surface area contributed by atoms with Crippen molar-refractivity contribution in [1.82, 2.24) is 20.0 Å². The van der Waals surface area contributed by atoms with Crippen LogP contribution >= 0.6 is 0 Å². The molecule has 132 valence electrons. The monoisotopic (exact) mass is 332 g/mol. The van der Waals surface area contributed by atoms with Gasteiger partial charge in [0.1, 0.15) is 0 Å². The molecular formula is C18H28N4O2. The maximum absolute atomic E-state index is 12.7. The summed E-state index contributed by atoms with van der Waals surface area (Å²) in [6.45, 7) is 4.66. The van der Waals surface area contributed by atoms with E-state index in [0.717, 1.165) is 58.2 Å². The summed E-state index contributed by atoms with van der Waals surface area (Å²) < 4.78 is 0. The molecule has 2 saturated heterocycles. The topological polar surface area (TPSA) is 69.3 Å². The Morgan fingerprint density at radius 2 is 2.17 bits per heavy atom. The molecule has 0 aliphatic carbocycles. The van der Waals surface area contributed by atoms with Gasteiger partial charge >= 0.3 is 0 Å². The number of hydrogen-bond donors (Lipinski definition) is 1. The number of likely N-dealkylation sites (tertiary alicyclic amines) is 2. The van der Waals surface area contributed by atoms with Gasteiger partial charge in [-0.1, -0.05) is 6.42 Å². The van der Waals surface area contributed by atoms with Gasteiger partial charge in [-0.3, -0.25) is 14.7 Å². The van der Waals surface area contributed by atoms with Crippen LogP contribution in [0.5, 0.6) is 0 Å². The van der Waals surface area contributed by atoms with Crippen LogP contribution in [0, 0.1) is 12.8 Å². The molecule has 2 aliphatic heterocycles. The summed E-state index contributed by atoms with van der Waals surface area (Å²) in [4.78, 5) is 28.5. The molecule has 2 amide bonds. The van der Waals surface area contributed by atoms with Crippen LogP contribution in [0.1, 0.15) is 49.8 Å². The Bertz CT molecular complexity index is 583. The van der Waals surface area contributed by atoms with Crippen molar-refractivity contribution in [3.8, 4) is 0 Å². The number of hydrogen-bond acceptors (Lipinski definition) is 3. The van der Waals surface area contributed by atoms with Gasteiger partial charge in [0.15, 0.2) is 0 Å². The molecule has 0 aromatic carbocycles. The molecule has 0 saturated carbocycles. The first-order valence-corrected chi connectivity index (χ1v) is 9.18. The summed E-state index contributed by atoms with van der Waals surface area (Å²) in [6.07, 6.45) is 8.63. The first-order valence-electron chi connectivity index (χ1n) is 9.18. The molecule has 0 spiro atoms. The largest absolute Gasteiger partial charge is 0.341 e. The minimum Gasteiger partial charge on any atom is -0.341 e. The third-order valence-electron chi connectivity index (χ3n) is 5.30. The Balaban J connectivity index is 1.54. The first kappa shape index (κ1) is 17.0. The highest BCUT2D eigenvalue weighted by Gasteiger charge is 2.27. The number of H-pyrrole nitrogens is 1. The summed E-state index contributed by atoms with van der Waals surface area (Å²) in [5.41, 5.74) is 2.37. The summed E-state index contributed by atoms with van der Waals surface area (Å²) in [7, 11) is 0. The van der Waals surface area contributed by atoms with Crippen molar-refractivity contribution in [3.63, 3.8) is 0 Å². The zero-order chi connectivity index (χ0) is 16.9. The van der Waals surface area contributed by atoms with Crippen molar-refractivity contribution in [2.24, 2.45) is 5.92 Å². The summed E-state index contributed by atoms with van der Waals surface area (Å²) in [6, 6.07) is 0. The van der Waals surface area contributed by atoms with E-state index in [1.165, 1.54) is 11.3 Å². The molecule has 2 fully saturated rings. The van der Waals surface area contributed by atoms with Crippen molar-refractivity contribution in [2.75, 3.05) is 26.2 Å². The maximum atomic E-state index is 12.7. The quantitative estimate of drug-likeness (QED) is 0.915. The fraction of sp³-hybridized carbons (Fsp3) is 0.722. The van der Waals surface area contributed by atoms with E-state index < -0.39 is 0 Å². The Labute approximate surface area is 143 Å². The Hall–Kier alpha value is -1.85.